The number of nitrogens with zero attached hydrogens (tertiary/aromatic N) is 1. The molecule has 0 aromatic heterocycles. The lowest BCUT2D eigenvalue weighted by Crippen LogP contribution is -2.53. The Balaban J connectivity index is 0.00000320. The van der Waals surface area contributed by atoms with Crippen LogP contribution in [0.4, 0.5) is 0 Å². The van der Waals surface area contributed by atoms with Crippen LogP contribution in [0.2, 0.25) is 0 Å². The van der Waals surface area contributed by atoms with E-state index in [0.717, 1.165) is 24.8 Å². The van der Waals surface area contributed by atoms with E-state index in [1.807, 2.05) is 50.5 Å². The summed E-state index contributed by atoms with van der Waals surface area (Å²) in [6.45, 7) is 2.10. The van der Waals surface area contributed by atoms with Crippen molar-refractivity contribution in [1.82, 2.24) is 4.90 Å². The second kappa shape index (κ2) is 11.1. The Bertz CT molecular complexity index is 896. The van der Waals surface area contributed by atoms with Crippen molar-refractivity contribution in [3.05, 3.63) is 108 Å². The van der Waals surface area contributed by atoms with Gasteiger partial charge in [-0.1, -0.05) is 91.0 Å². The Labute approximate surface area is 187 Å². The van der Waals surface area contributed by atoms with Crippen molar-refractivity contribution in [3.8, 4) is 0 Å². The molecular weight excluding hydrogens is 390 g/mol. The Morgan fingerprint density at radius 2 is 1.33 bits per heavy atom. The summed E-state index contributed by atoms with van der Waals surface area (Å²) in [7, 11) is 4.04. The molecular formula is C27H32ClNO. The van der Waals surface area contributed by atoms with E-state index in [4.69, 9.17) is 0 Å². The van der Waals surface area contributed by atoms with Crippen LogP contribution in [0.3, 0.4) is 0 Å². The Morgan fingerprint density at radius 3 is 1.87 bits per heavy atom. The number of ketones is 1. The zero-order valence-electron chi connectivity index (χ0n) is 18.1. The third-order valence-corrected chi connectivity index (χ3v) is 6.11. The van der Waals surface area contributed by atoms with Gasteiger partial charge in [-0.25, -0.2) is 0 Å². The number of Topliss-reactive ketones (excluding diaryl/α,β-unsaturated/α-hetero) is 1. The Hall–Kier alpha value is -2.42. The van der Waals surface area contributed by atoms with E-state index in [1.165, 1.54) is 11.1 Å². The van der Waals surface area contributed by atoms with Crippen LogP contribution in [0.5, 0.6) is 0 Å². The minimum Gasteiger partial charge on any atom is -0.297 e. The molecule has 2 nitrogen and oxygen atoms in total. The van der Waals surface area contributed by atoms with E-state index in [-0.39, 0.29) is 24.1 Å². The molecule has 0 amide bonds. The van der Waals surface area contributed by atoms with Crippen LogP contribution in [0.1, 0.15) is 47.2 Å². The zero-order chi connectivity index (χ0) is 20.7. The number of benzene rings is 3. The fourth-order valence-corrected chi connectivity index (χ4v) is 4.17. The lowest BCUT2D eigenvalue weighted by atomic mass is 9.72. The van der Waals surface area contributed by atoms with E-state index in [2.05, 4.69) is 66.4 Å². The predicted octanol–water partition coefficient (Wildman–Crippen LogP) is 6.42. The quantitative estimate of drug-likeness (QED) is 0.371. The van der Waals surface area contributed by atoms with Gasteiger partial charge in [0, 0.05) is 11.5 Å². The monoisotopic (exact) mass is 421 g/mol. The third-order valence-electron chi connectivity index (χ3n) is 6.11. The largest absolute Gasteiger partial charge is 0.297 e. The maximum atomic E-state index is 13.7. The molecule has 0 bridgehead atoms. The van der Waals surface area contributed by atoms with E-state index in [9.17, 15) is 4.79 Å². The van der Waals surface area contributed by atoms with Gasteiger partial charge < -0.3 is 0 Å². The molecule has 3 heteroatoms. The molecule has 30 heavy (non-hydrogen) atoms. The summed E-state index contributed by atoms with van der Waals surface area (Å²) in [6.07, 6.45) is 3.01. The van der Waals surface area contributed by atoms with Crippen LogP contribution < -0.4 is 0 Å². The number of aryl methyl sites for hydroxylation is 1. The molecule has 2 unspecified atom stereocenters. The highest BCUT2D eigenvalue weighted by atomic mass is 35.5. The lowest BCUT2D eigenvalue weighted by Gasteiger charge is -2.42. The molecule has 158 valence electrons. The summed E-state index contributed by atoms with van der Waals surface area (Å²) >= 11 is 0. The molecule has 3 aromatic rings. The predicted molar refractivity (Wildman–Crippen MR) is 129 cm³/mol. The lowest BCUT2D eigenvalue weighted by molar-refractivity contribution is 0.0638. The average Bonchev–Trinajstić information content (AvgIpc) is 2.77. The Kier molecular flexibility index (Phi) is 8.83. The van der Waals surface area contributed by atoms with Crippen molar-refractivity contribution in [2.45, 2.75) is 37.6 Å². The minimum absolute atomic E-state index is 0. The molecule has 0 aliphatic heterocycles. The van der Waals surface area contributed by atoms with E-state index in [1.54, 1.807) is 0 Å². The van der Waals surface area contributed by atoms with Crippen LogP contribution in [0.25, 0.3) is 0 Å². The summed E-state index contributed by atoms with van der Waals surface area (Å²) in [4.78, 5) is 15.8. The minimum atomic E-state index is -0.626. The number of likely N-dealkylation sites (N-methyl/N-ethyl adjacent to an activating group) is 1. The molecule has 3 aromatic carbocycles. The van der Waals surface area contributed by atoms with E-state index < -0.39 is 5.54 Å². The SMILES string of the molecule is CN(C)C(C)(C(=O)c1ccccc1)C(CCCc1ccccc1)c1ccccc1.Cl. The van der Waals surface area contributed by atoms with Crippen molar-refractivity contribution < 1.29 is 4.79 Å². The average molecular weight is 422 g/mol. The highest BCUT2D eigenvalue weighted by Crippen LogP contribution is 2.38. The van der Waals surface area contributed by atoms with E-state index in [0.29, 0.717) is 0 Å². The van der Waals surface area contributed by atoms with Gasteiger partial charge in [-0.3, -0.25) is 9.69 Å². The van der Waals surface area contributed by atoms with Gasteiger partial charge >= 0.3 is 0 Å². The normalized spacial score (nSPS) is 13.9. The molecule has 0 heterocycles. The second-order valence-electron chi connectivity index (χ2n) is 8.08. The van der Waals surface area contributed by atoms with Crippen LogP contribution in [0.15, 0.2) is 91.0 Å². The molecule has 0 N–H and O–H groups in total. The molecule has 0 spiro atoms. The van der Waals surface area contributed by atoms with Gasteiger partial charge in [0.05, 0.1) is 5.54 Å². The summed E-state index contributed by atoms with van der Waals surface area (Å²) in [5.41, 5.74) is 2.72. The van der Waals surface area contributed by atoms with Crippen LogP contribution in [-0.2, 0) is 6.42 Å². The molecule has 0 radical (unpaired) electrons. The highest BCUT2D eigenvalue weighted by molar-refractivity contribution is 6.03. The van der Waals surface area contributed by atoms with Crippen molar-refractivity contribution in [1.29, 1.82) is 0 Å². The number of carbonyl (C=O) groups excluding carboxylic acids is 1. The zero-order valence-corrected chi connectivity index (χ0v) is 18.9. The Morgan fingerprint density at radius 1 is 0.833 bits per heavy atom. The molecule has 0 fully saturated rings. The van der Waals surface area contributed by atoms with Gasteiger partial charge in [0.25, 0.3) is 0 Å². The smallest absolute Gasteiger partial charge is 0.183 e. The van der Waals surface area contributed by atoms with Crippen LogP contribution in [0, 0.1) is 0 Å². The first-order chi connectivity index (χ1) is 14.0. The summed E-state index contributed by atoms with van der Waals surface area (Å²) in [5, 5.41) is 0. The van der Waals surface area contributed by atoms with Crippen molar-refractivity contribution >= 4 is 18.2 Å². The first kappa shape index (κ1) is 23.9. The standard InChI is InChI=1S/C27H31NO.ClH/c1-27(28(2)3,26(29)24-19-11-6-12-20-24)25(23-17-9-5-10-18-23)21-13-16-22-14-7-4-8-15-22;/h4-12,14-15,17-20,25H,13,16,21H2,1-3H3;1H. The molecule has 0 aliphatic rings. The van der Waals surface area contributed by atoms with Gasteiger partial charge in [-0.2, -0.15) is 0 Å². The van der Waals surface area contributed by atoms with Crippen molar-refractivity contribution in [2.24, 2.45) is 0 Å². The van der Waals surface area contributed by atoms with Gasteiger partial charge in [-0.05, 0) is 51.4 Å². The number of carbonyl (C=O) groups is 1. The highest BCUT2D eigenvalue weighted by Gasteiger charge is 2.43. The molecule has 0 saturated heterocycles. The van der Waals surface area contributed by atoms with Gasteiger partial charge in [0.15, 0.2) is 5.78 Å². The molecule has 0 saturated carbocycles. The topological polar surface area (TPSA) is 20.3 Å². The number of halogens is 1. The van der Waals surface area contributed by atoms with Gasteiger partial charge in [0.2, 0.25) is 0 Å². The van der Waals surface area contributed by atoms with Crippen molar-refractivity contribution in [3.63, 3.8) is 0 Å². The molecule has 2 atom stereocenters. The summed E-state index contributed by atoms with van der Waals surface area (Å²) in [6, 6.07) is 30.8. The number of rotatable bonds is 9. The first-order valence-electron chi connectivity index (χ1n) is 10.4. The summed E-state index contributed by atoms with van der Waals surface area (Å²) in [5.74, 6) is 0.284. The van der Waals surface area contributed by atoms with Crippen molar-refractivity contribution in [2.75, 3.05) is 14.1 Å². The number of hydrogen-bond donors (Lipinski definition) is 0. The van der Waals surface area contributed by atoms with E-state index >= 15 is 0 Å². The van der Waals surface area contributed by atoms with Gasteiger partial charge in [0.1, 0.15) is 0 Å². The van der Waals surface area contributed by atoms with Crippen LogP contribution >= 0.6 is 12.4 Å². The maximum Gasteiger partial charge on any atom is 0.183 e. The molecule has 3 rings (SSSR count). The van der Waals surface area contributed by atoms with Crippen LogP contribution in [-0.4, -0.2) is 30.3 Å². The fraction of sp³-hybridized carbons (Fsp3) is 0.296. The maximum absolute atomic E-state index is 13.7. The third kappa shape index (κ3) is 5.38. The van der Waals surface area contributed by atoms with Gasteiger partial charge in [-0.15, -0.1) is 12.4 Å². The number of hydrogen-bond acceptors (Lipinski definition) is 2. The fourth-order valence-electron chi connectivity index (χ4n) is 4.17. The summed E-state index contributed by atoms with van der Waals surface area (Å²) < 4.78 is 0. The first-order valence-corrected chi connectivity index (χ1v) is 10.4. The molecule has 0 aliphatic carbocycles. The second-order valence-corrected chi connectivity index (χ2v) is 8.08.